The fourth-order valence-corrected chi connectivity index (χ4v) is 2.33. The van der Waals surface area contributed by atoms with E-state index in [1.54, 1.807) is 11.7 Å². The molecule has 1 heterocycles. The lowest BCUT2D eigenvalue weighted by atomic mass is 10.1. The second kappa shape index (κ2) is 7.78. The molecule has 6 heteroatoms. The fraction of sp³-hybridized carbons (Fsp3) is 0.412. The molecule has 0 aliphatic heterocycles. The van der Waals surface area contributed by atoms with Crippen molar-refractivity contribution < 1.29 is 4.79 Å². The van der Waals surface area contributed by atoms with Crippen molar-refractivity contribution in [2.75, 3.05) is 18.9 Å². The largest absolute Gasteiger partial charge is 0.334 e. The third-order valence-electron chi connectivity index (χ3n) is 3.68. The van der Waals surface area contributed by atoms with Gasteiger partial charge in [0.15, 0.2) is 0 Å². The second-order valence-corrected chi connectivity index (χ2v) is 5.75. The molecule has 0 fully saturated rings. The van der Waals surface area contributed by atoms with Gasteiger partial charge < -0.3 is 10.2 Å². The minimum absolute atomic E-state index is 0.232. The van der Waals surface area contributed by atoms with E-state index < -0.39 is 0 Å². The van der Waals surface area contributed by atoms with Crippen LogP contribution >= 0.6 is 0 Å². The minimum Gasteiger partial charge on any atom is -0.334 e. The summed E-state index contributed by atoms with van der Waals surface area (Å²) >= 11 is 0. The van der Waals surface area contributed by atoms with E-state index in [9.17, 15) is 4.79 Å². The van der Waals surface area contributed by atoms with Gasteiger partial charge in [-0.1, -0.05) is 31.2 Å². The van der Waals surface area contributed by atoms with Crippen LogP contribution in [0.15, 0.2) is 30.3 Å². The first-order valence-electron chi connectivity index (χ1n) is 7.79. The number of rotatable bonds is 6. The van der Waals surface area contributed by atoms with Crippen molar-refractivity contribution in [3.05, 3.63) is 47.2 Å². The lowest BCUT2D eigenvalue weighted by molar-refractivity contribution is 0.251. The summed E-state index contributed by atoms with van der Waals surface area (Å²) in [5.41, 5.74) is 3.20. The summed E-state index contributed by atoms with van der Waals surface area (Å²) in [6.07, 6.45) is 0. The zero-order valence-corrected chi connectivity index (χ0v) is 14.3. The number of carbonyl (C=O) groups is 1. The highest BCUT2D eigenvalue weighted by Gasteiger charge is 2.07. The van der Waals surface area contributed by atoms with Gasteiger partial charge in [0, 0.05) is 26.2 Å². The number of amides is 2. The summed E-state index contributed by atoms with van der Waals surface area (Å²) in [7, 11) is 3.89. The number of hydrogen-bond donors (Lipinski definition) is 2. The molecule has 2 amide bonds. The molecule has 2 N–H and O–H groups in total. The van der Waals surface area contributed by atoms with Crippen molar-refractivity contribution in [1.29, 1.82) is 0 Å². The predicted molar refractivity (Wildman–Crippen MR) is 92.3 cm³/mol. The number of nitrogens with one attached hydrogen (secondary N) is 2. The Morgan fingerprint density at radius 1 is 1.30 bits per heavy atom. The molecule has 0 bridgehead atoms. The van der Waals surface area contributed by atoms with Gasteiger partial charge >= 0.3 is 6.03 Å². The Kier molecular flexibility index (Phi) is 5.76. The van der Waals surface area contributed by atoms with Crippen LogP contribution in [0.5, 0.6) is 0 Å². The summed E-state index contributed by atoms with van der Waals surface area (Å²) < 4.78 is 1.65. The standard InChI is InChI=1S/C17H25N5O/c1-5-21(3)12-15-8-6-7-14(10-15)11-18-17(23)19-16-9-13(2)20-22(16)4/h6-10H,5,11-12H2,1-4H3,(H2,18,19,23). The molecular formula is C17H25N5O. The molecule has 0 aliphatic carbocycles. The second-order valence-electron chi connectivity index (χ2n) is 5.75. The third kappa shape index (κ3) is 5.10. The average molecular weight is 315 g/mol. The fourth-order valence-electron chi connectivity index (χ4n) is 2.33. The maximum atomic E-state index is 12.0. The van der Waals surface area contributed by atoms with Crippen molar-refractivity contribution in [2.24, 2.45) is 7.05 Å². The summed E-state index contributed by atoms with van der Waals surface area (Å²) in [4.78, 5) is 14.2. The zero-order valence-electron chi connectivity index (χ0n) is 14.3. The van der Waals surface area contributed by atoms with Gasteiger partial charge in [0.1, 0.15) is 5.82 Å². The Balaban J connectivity index is 1.89. The molecule has 6 nitrogen and oxygen atoms in total. The van der Waals surface area contributed by atoms with Gasteiger partial charge in [0.25, 0.3) is 0 Å². The Bertz CT molecular complexity index is 665. The Morgan fingerprint density at radius 2 is 2.04 bits per heavy atom. The number of carbonyl (C=O) groups excluding carboxylic acids is 1. The summed E-state index contributed by atoms with van der Waals surface area (Å²) in [6.45, 7) is 6.43. The highest BCUT2D eigenvalue weighted by molar-refractivity contribution is 5.88. The molecule has 0 unspecified atom stereocenters. The Labute approximate surface area is 137 Å². The maximum absolute atomic E-state index is 12.0. The van der Waals surface area contributed by atoms with Gasteiger partial charge in [-0.2, -0.15) is 5.10 Å². The van der Waals surface area contributed by atoms with E-state index in [0.717, 1.165) is 24.3 Å². The van der Waals surface area contributed by atoms with Gasteiger partial charge in [-0.3, -0.25) is 10.00 Å². The van der Waals surface area contributed by atoms with Gasteiger partial charge in [0.2, 0.25) is 0 Å². The molecule has 0 radical (unpaired) electrons. The minimum atomic E-state index is -0.232. The van der Waals surface area contributed by atoms with Crippen LogP contribution in [0.3, 0.4) is 0 Å². The molecular weight excluding hydrogens is 290 g/mol. The van der Waals surface area contributed by atoms with Crippen LogP contribution in [0.2, 0.25) is 0 Å². The number of benzene rings is 1. The first kappa shape index (κ1) is 17.0. The number of anilines is 1. The van der Waals surface area contributed by atoms with Crippen molar-refractivity contribution in [3.63, 3.8) is 0 Å². The number of aromatic nitrogens is 2. The summed E-state index contributed by atoms with van der Waals surface area (Å²) in [5.74, 6) is 0.679. The summed E-state index contributed by atoms with van der Waals surface area (Å²) in [6, 6.07) is 9.88. The van der Waals surface area contributed by atoms with Crippen molar-refractivity contribution in [2.45, 2.75) is 26.9 Å². The zero-order chi connectivity index (χ0) is 16.8. The number of nitrogens with zero attached hydrogens (tertiary/aromatic N) is 3. The lowest BCUT2D eigenvalue weighted by Crippen LogP contribution is -2.29. The average Bonchev–Trinajstić information content (AvgIpc) is 2.83. The molecule has 0 aliphatic rings. The molecule has 23 heavy (non-hydrogen) atoms. The molecule has 2 aromatic rings. The molecule has 0 saturated carbocycles. The van der Waals surface area contributed by atoms with Crippen LogP contribution in [0, 0.1) is 6.92 Å². The van der Waals surface area contributed by atoms with Gasteiger partial charge in [-0.15, -0.1) is 0 Å². The highest BCUT2D eigenvalue weighted by Crippen LogP contribution is 2.09. The topological polar surface area (TPSA) is 62.2 Å². The molecule has 0 saturated heterocycles. The smallest absolute Gasteiger partial charge is 0.320 e. The first-order valence-corrected chi connectivity index (χ1v) is 7.79. The normalized spacial score (nSPS) is 10.8. The molecule has 0 atom stereocenters. The van der Waals surface area contributed by atoms with E-state index in [2.05, 4.69) is 46.7 Å². The van der Waals surface area contributed by atoms with E-state index in [1.165, 1.54) is 5.56 Å². The van der Waals surface area contributed by atoms with Gasteiger partial charge in [-0.25, -0.2) is 4.79 Å². The van der Waals surface area contributed by atoms with E-state index in [-0.39, 0.29) is 6.03 Å². The van der Waals surface area contributed by atoms with E-state index in [1.807, 2.05) is 25.1 Å². The van der Waals surface area contributed by atoms with Crippen molar-refractivity contribution in [1.82, 2.24) is 20.0 Å². The van der Waals surface area contributed by atoms with Crippen LogP contribution in [0.25, 0.3) is 0 Å². The van der Waals surface area contributed by atoms with Crippen LogP contribution in [-0.4, -0.2) is 34.3 Å². The molecule has 1 aromatic heterocycles. The predicted octanol–water partition coefficient (Wildman–Crippen LogP) is 2.50. The maximum Gasteiger partial charge on any atom is 0.320 e. The van der Waals surface area contributed by atoms with Crippen molar-refractivity contribution >= 4 is 11.8 Å². The third-order valence-corrected chi connectivity index (χ3v) is 3.68. The highest BCUT2D eigenvalue weighted by atomic mass is 16.2. The van der Waals surface area contributed by atoms with Gasteiger partial charge in [-0.05, 0) is 31.6 Å². The molecule has 1 aromatic carbocycles. The molecule has 124 valence electrons. The van der Waals surface area contributed by atoms with Crippen molar-refractivity contribution in [3.8, 4) is 0 Å². The first-order chi connectivity index (χ1) is 11.0. The summed E-state index contributed by atoms with van der Waals surface area (Å²) in [5, 5.41) is 9.87. The number of urea groups is 1. The Hall–Kier alpha value is -2.34. The monoisotopic (exact) mass is 315 g/mol. The SMILES string of the molecule is CCN(C)Cc1cccc(CNC(=O)Nc2cc(C)nn2C)c1. The quantitative estimate of drug-likeness (QED) is 0.861. The van der Waals surface area contributed by atoms with E-state index >= 15 is 0 Å². The Morgan fingerprint density at radius 3 is 2.70 bits per heavy atom. The van der Waals surface area contributed by atoms with Gasteiger partial charge in [0.05, 0.1) is 5.69 Å². The molecule has 0 spiro atoms. The molecule has 2 rings (SSSR count). The lowest BCUT2D eigenvalue weighted by Gasteiger charge is -2.14. The van der Waals surface area contributed by atoms with E-state index in [4.69, 9.17) is 0 Å². The van der Waals surface area contributed by atoms with Crippen LogP contribution < -0.4 is 10.6 Å². The number of aryl methyl sites for hydroxylation is 2. The number of hydrogen-bond acceptors (Lipinski definition) is 3. The van der Waals surface area contributed by atoms with Crippen LogP contribution in [0.1, 0.15) is 23.7 Å². The van der Waals surface area contributed by atoms with E-state index in [0.29, 0.717) is 12.4 Å². The van der Waals surface area contributed by atoms with Crippen LogP contribution in [0.4, 0.5) is 10.6 Å². The van der Waals surface area contributed by atoms with Crippen LogP contribution in [-0.2, 0) is 20.1 Å².